The largest absolute Gasteiger partial charge is 0.491 e. The molecule has 1 rings (SSSR count). The maximum Gasteiger partial charge on any atom is 0.358 e. The lowest BCUT2D eigenvalue weighted by Crippen LogP contribution is -2.21. The third-order valence-corrected chi connectivity index (χ3v) is 1.86. The molecule has 86 valence electrons. The van der Waals surface area contributed by atoms with Crippen molar-refractivity contribution in [3.05, 3.63) is 27.7 Å². The molecule has 7 heteroatoms. The zero-order chi connectivity index (χ0) is 12.3. The van der Waals surface area contributed by atoms with Crippen molar-refractivity contribution < 1.29 is 24.2 Å². The fraction of sp³-hybridized carbons (Fsp3) is 0.222. The summed E-state index contributed by atoms with van der Waals surface area (Å²) in [5, 5.41) is 8.68. The van der Waals surface area contributed by atoms with Gasteiger partial charge >= 0.3 is 11.9 Å². The Kier molecular flexibility index (Phi) is 3.29. The van der Waals surface area contributed by atoms with E-state index in [0.29, 0.717) is 0 Å². The first-order chi connectivity index (χ1) is 7.52. The Morgan fingerprint density at radius 3 is 2.44 bits per heavy atom. The zero-order valence-electron chi connectivity index (χ0n) is 8.57. The number of esters is 1. The van der Waals surface area contributed by atoms with E-state index in [1.54, 1.807) is 0 Å². The van der Waals surface area contributed by atoms with E-state index in [-0.39, 0.29) is 11.4 Å². The number of carboxylic acid groups (broad SMARTS) is 1. The highest BCUT2D eigenvalue weighted by Crippen LogP contribution is 2.12. The highest BCUT2D eigenvalue weighted by atomic mass is 16.5. The van der Waals surface area contributed by atoms with E-state index in [1.165, 1.54) is 0 Å². The van der Waals surface area contributed by atoms with E-state index < -0.39 is 22.9 Å². The molecule has 0 radical (unpaired) electrons. The van der Waals surface area contributed by atoms with Gasteiger partial charge in [-0.2, -0.15) is 0 Å². The van der Waals surface area contributed by atoms with Crippen molar-refractivity contribution in [3.8, 4) is 5.75 Å². The van der Waals surface area contributed by atoms with E-state index in [0.717, 1.165) is 20.4 Å². The van der Waals surface area contributed by atoms with Crippen molar-refractivity contribution in [1.82, 2.24) is 4.98 Å². The SMILES string of the molecule is COC(=O)c1[nH]cc(C(=O)O)c(=O)c1OC. The molecule has 0 unspecified atom stereocenters. The average Bonchev–Trinajstić information content (AvgIpc) is 2.26. The molecule has 0 aliphatic heterocycles. The van der Waals surface area contributed by atoms with Gasteiger partial charge in [-0.1, -0.05) is 0 Å². The Bertz CT molecular complexity index is 489. The fourth-order valence-electron chi connectivity index (χ4n) is 1.12. The molecular weight excluding hydrogens is 218 g/mol. The Hall–Kier alpha value is -2.31. The van der Waals surface area contributed by atoms with E-state index >= 15 is 0 Å². The molecule has 0 aliphatic carbocycles. The number of aromatic nitrogens is 1. The van der Waals surface area contributed by atoms with E-state index in [9.17, 15) is 14.4 Å². The number of hydrogen-bond donors (Lipinski definition) is 2. The molecule has 1 aromatic heterocycles. The lowest BCUT2D eigenvalue weighted by atomic mass is 10.2. The fourth-order valence-corrected chi connectivity index (χ4v) is 1.12. The van der Waals surface area contributed by atoms with Crippen molar-refractivity contribution >= 4 is 11.9 Å². The van der Waals surface area contributed by atoms with Gasteiger partial charge in [-0.3, -0.25) is 4.79 Å². The molecule has 0 saturated heterocycles. The highest BCUT2D eigenvalue weighted by molar-refractivity contribution is 5.93. The number of carbonyl (C=O) groups is 2. The summed E-state index contributed by atoms with van der Waals surface area (Å²) in [6, 6.07) is 0. The molecule has 1 aromatic rings. The summed E-state index contributed by atoms with van der Waals surface area (Å²) in [6.45, 7) is 0. The number of aromatic amines is 1. The minimum absolute atomic E-state index is 0.222. The van der Waals surface area contributed by atoms with Gasteiger partial charge in [0.25, 0.3) is 0 Å². The number of hydrogen-bond acceptors (Lipinski definition) is 5. The van der Waals surface area contributed by atoms with Crippen LogP contribution in [-0.2, 0) is 4.74 Å². The number of carbonyl (C=O) groups excluding carboxylic acids is 1. The second-order valence-corrected chi connectivity index (χ2v) is 2.74. The smallest absolute Gasteiger partial charge is 0.358 e. The van der Waals surface area contributed by atoms with Crippen molar-refractivity contribution in [2.45, 2.75) is 0 Å². The molecule has 0 aliphatic rings. The van der Waals surface area contributed by atoms with E-state index in [1.807, 2.05) is 0 Å². The molecule has 0 bridgehead atoms. The van der Waals surface area contributed by atoms with Gasteiger partial charge in [0.1, 0.15) is 5.56 Å². The number of carboxylic acids is 1. The van der Waals surface area contributed by atoms with E-state index in [2.05, 4.69) is 14.5 Å². The van der Waals surface area contributed by atoms with Crippen LogP contribution in [0.25, 0.3) is 0 Å². The van der Waals surface area contributed by atoms with Crippen LogP contribution in [0.2, 0.25) is 0 Å². The van der Waals surface area contributed by atoms with Gasteiger partial charge in [0.15, 0.2) is 11.4 Å². The van der Waals surface area contributed by atoms with Crippen molar-refractivity contribution in [1.29, 1.82) is 0 Å². The van der Waals surface area contributed by atoms with Crippen LogP contribution in [0.5, 0.6) is 5.75 Å². The highest BCUT2D eigenvalue weighted by Gasteiger charge is 2.21. The molecule has 2 N–H and O–H groups in total. The topological polar surface area (TPSA) is 106 Å². The van der Waals surface area contributed by atoms with Crippen LogP contribution in [0.1, 0.15) is 20.8 Å². The summed E-state index contributed by atoms with van der Waals surface area (Å²) in [4.78, 5) is 35.8. The van der Waals surface area contributed by atoms with Crippen LogP contribution in [0.15, 0.2) is 11.0 Å². The van der Waals surface area contributed by atoms with Crippen molar-refractivity contribution in [2.75, 3.05) is 14.2 Å². The number of ether oxygens (including phenoxy) is 2. The minimum atomic E-state index is -1.41. The van der Waals surface area contributed by atoms with Crippen LogP contribution in [0, 0.1) is 0 Å². The molecule has 0 atom stereocenters. The molecule has 0 amide bonds. The average molecular weight is 227 g/mol. The third kappa shape index (κ3) is 1.88. The summed E-state index contributed by atoms with van der Waals surface area (Å²) in [6.07, 6.45) is 0.916. The number of methoxy groups -OCH3 is 2. The molecular formula is C9H9NO6. The maximum absolute atomic E-state index is 11.5. The first-order valence-corrected chi connectivity index (χ1v) is 4.14. The maximum atomic E-state index is 11.5. The van der Waals surface area contributed by atoms with Gasteiger partial charge in [-0.05, 0) is 0 Å². The number of rotatable bonds is 3. The van der Waals surface area contributed by atoms with E-state index in [4.69, 9.17) is 5.11 Å². The van der Waals surface area contributed by atoms with Crippen LogP contribution in [-0.4, -0.2) is 36.2 Å². The second-order valence-electron chi connectivity index (χ2n) is 2.74. The third-order valence-electron chi connectivity index (χ3n) is 1.86. The van der Waals surface area contributed by atoms with Gasteiger partial charge in [0, 0.05) is 6.20 Å². The summed E-state index contributed by atoms with van der Waals surface area (Å²) < 4.78 is 9.08. The van der Waals surface area contributed by atoms with Crippen LogP contribution in [0.4, 0.5) is 0 Å². The molecule has 0 aromatic carbocycles. The second kappa shape index (κ2) is 4.47. The predicted molar refractivity (Wildman–Crippen MR) is 51.9 cm³/mol. The van der Waals surface area contributed by atoms with Gasteiger partial charge in [-0.15, -0.1) is 0 Å². The summed E-state index contributed by atoms with van der Waals surface area (Å²) in [5.74, 6) is -2.60. The number of pyridine rings is 1. The first-order valence-electron chi connectivity index (χ1n) is 4.14. The molecule has 16 heavy (non-hydrogen) atoms. The minimum Gasteiger partial charge on any atom is -0.491 e. The normalized spacial score (nSPS) is 9.62. The molecule has 1 heterocycles. The summed E-state index contributed by atoms with van der Waals surface area (Å²) >= 11 is 0. The van der Waals surface area contributed by atoms with Gasteiger partial charge < -0.3 is 19.6 Å². The molecule has 0 saturated carbocycles. The standard InChI is InChI=1S/C9H9NO6/c1-15-7-5(9(14)16-2)10-3-4(6(7)11)8(12)13/h3H,1-2H3,(H,10,11)(H,12,13). The van der Waals surface area contributed by atoms with Crippen LogP contribution < -0.4 is 10.2 Å². The van der Waals surface area contributed by atoms with Gasteiger partial charge in [-0.25, -0.2) is 9.59 Å². The lowest BCUT2D eigenvalue weighted by Gasteiger charge is -2.06. The summed E-state index contributed by atoms with van der Waals surface area (Å²) in [7, 11) is 2.29. The Balaban J connectivity index is 3.47. The monoisotopic (exact) mass is 227 g/mol. The Morgan fingerprint density at radius 1 is 1.38 bits per heavy atom. The molecule has 0 spiro atoms. The number of nitrogens with one attached hydrogen (secondary N) is 1. The quantitative estimate of drug-likeness (QED) is 0.696. The lowest BCUT2D eigenvalue weighted by molar-refractivity contribution is 0.0586. The van der Waals surface area contributed by atoms with Gasteiger partial charge in [0.05, 0.1) is 14.2 Å². The molecule has 0 fully saturated rings. The Morgan fingerprint density at radius 2 is 2.00 bits per heavy atom. The first kappa shape index (κ1) is 11.8. The zero-order valence-corrected chi connectivity index (χ0v) is 8.57. The number of aromatic carboxylic acids is 1. The van der Waals surface area contributed by atoms with Crippen LogP contribution >= 0.6 is 0 Å². The molecule has 7 nitrogen and oxygen atoms in total. The Labute approximate surface area is 89.6 Å². The summed E-state index contributed by atoms with van der Waals surface area (Å²) in [5.41, 5.74) is -1.61. The number of H-pyrrole nitrogens is 1. The van der Waals surface area contributed by atoms with Crippen molar-refractivity contribution in [2.24, 2.45) is 0 Å². The van der Waals surface area contributed by atoms with Gasteiger partial charge in [0.2, 0.25) is 5.43 Å². The van der Waals surface area contributed by atoms with Crippen molar-refractivity contribution in [3.63, 3.8) is 0 Å². The van der Waals surface area contributed by atoms with Crippen LogP contribution in [0.3, 0.4) is 0 Å². The predicted octanol–water partition coefficient (Wildman–Crippen LogP) is -0.132.